The molecule has 0 aliphatic carbocycles. The lowest BCUT2D eigenvalue weighted by atomic mass is 10.0. The van der Waals surface area contributed by atoms with Crippen LogP contribution in [0, 0.1) is 12.3 Å². The van der Waals surface area contributed by atoms with Gasteiger partial charge in [-0.25, -0.2) is 4.98 Å². The summed E-state index contributed by atoms with van der Waals surface area (Å²) >= 11 is 1.52. The van der Waals surface area contributed by atoms with E-state index in [9.17, 15) is 0 Å². The highest BCUT2D eigenvalue weighted by Crippen LogP contribution is 2.33. The van der Waals surface area contributed by atoms with E-state index in [0.717, 1.165) is 27.3 Å². The molecule has 0 saturated carbocycles. The molecule has 1 atom stereocenters. The summed E-state index contributed by atoms with van der Waals surface area (Å²) in [5, 5.41) is 0.619. The second-order valence-corrected chi connectivity index (χ2v) is 6.83. The molecule has 4 heteroatoms. The van der Waals surface area contributed by atoms with Gasteiger partial charge in [0.25, 0.3) is 5.19 Å². The summed E-state index contributed by atoms with van der Waals surface area (Å²) in [6.45, 7) is 6.02. The van der Waals surface area contributed by atoms with Gasteiger partial charge < -0.3 is 9.47 Å². The van der Waals surface area contributed by atoms with Gasteiger partial charge in [-0.1, -0.05) is 23.3 Å². The predicted octanol–water partition coefficient (Wildman–Crippen LogP) is 5.61. The Hall–Kier alpha value is -2.51. The van der Waals surface area contributed by atoms with E-state index in [4.69, 9.17) is 15.9 Å². The van der Waals surface area contributed by atoms with Gasteiger partial charge in [-0.05, 0) is 62.7 Å². The highest BCUT2D eigenvalue weighted by atomic mass is 32.1. The largest absolute Gasteiger partial charge is 0.491 e. The van der Waals surface area contributed by atoms with Gasteiger partial charge in [-0.2, -0.15) is 0 Å². The van der Waals surface area contributed by atoms with Crippen molar-refractivity contribution in [3.05, 3.63) is 48.0 Å². The van der Waals surface area contributed by atoms with Crippen molar-refractivity contribution in [2.45, 2.75) is 32.8 Å². The molecule has 122 valence electrons. The standard InChI is InChI=1S/C20H19NO2S/c1-5-14(4)15-6-11-18-19(12-15)24-20(21-18)23-17-9-7-16(8-10-17)22-13(2)3/h1,6-14H,2-4H3. The van der Waals surface area contributed by atoms with Crippen molar-refractivity contribution >= 4 is 21.6 Å². The molecule has 3 aromatic rings. The Kier molecular flexibility index (Phi) is 4.73. The van der Waals surface area contributed by atoms with Gasteiger partial charge in [-0.3, -0.25) is 0 Å². The topological polar surface area (TPSA) is 31.4 Å². The molecule has 1 aromatic heterocycles. The number of hydrogen-bond acceptors (Lipinski definition) is 4. The van der Waals surface area contributed by atoms with Crippen LogP contribution in [0.15, 0.2) is 42.5 Å². The fraction of sp³-hybridized carbons (Fsp3) is 0.250. The zero-order valence-corrected chi connectivity index (χ0v) is 14.8. The number of nitrogens with zero attached hydrogens (tertiary/aromatic N) is 1. The summed E-state index contributed by atoms with van der Waals surface area (Å²) < 4.78 is 12.6. The molecule has 24 heavy (non-hydrogen) atoms. The quantitative estimate of drug-likeness (QED) is 0.567. The summed E-state index contributed by atoms with van der Waals surface area (Å²) in [7, 11) is 0. The Balaban J connectivity index is 1.79. The Morgan fingerprint density at radius 3 is 2.42 bits per heavy atom. The summed E-state index contributed by atoms with van der Waals surface area (Å²) in [4.78, 5) is 4.52. The number of benzene rings is 2. The molecule has 3 nitrogen and oxygen atoms in total. The van der Waals surface area contributed by atoms with Crippen molar-refractivity contribution in [2.24, 2.45) is 0 Å². The van der Waals surface area contributed by atoms with E-state index in [0.29, 0.717) is 5.19 Å². The van der Waals surface area contributed by atoms with Gasteiger partial charge >= 0.3 is 0 Å². The molecule has 2 aromatic carbocycles. The van der Waals surface area contributed by atoms with Gasteiger partial charge in [0.1, 0.15) is 11.5 Å². The molecule has 3 rings (SSSR count). The summed E-state index contributed by atoms with van der Waals surface area (Å²) in [6.07, 6.45) is 5.65. The maximum Gasteiger partial charge on any atom is 0.279 e. The minimum Gasteiger partial charge on any atom is -0.491 e. The molecule has 1 unspecified atom stereocenters. The molecule has 0 fully saturated rings. The third-order valence-corrected chi connectivity index (χ3v) is 4.44. The van der Waals surface area contributed by atoms with Gasteiger partial charge in [0.15, 0.2) is 0 Å². The number of aromatic nitrogens is 1. The van der Waals surface area contributed by atoms with Gasteiger partial charge in [0.2, 0.25) is 0 Å². The predicted molar refractivity (Wildman–Crippen MR) is 99.1 cm³/mol. The second-order valence-electron chi connectivity index (χ2n) is 5.84. The highest BCUT2D eigenvalue weighted by molar-refractivity contribution is 7.20. The van der Waals surface area contributed by atoms with Crippen LogP contribution >= 0.6 is 11.3 Å². The molecular formula is C20H19NO2S. The van der Waals surface area contributed by atoms with Crippen LogP contribution in [0.5, 0.6) is 16.7 Å². The molecule has 0 saturated heterocycles. The van der Waals surface area contributed by atoms with Crippen LogP contribution in [0.4, 0.5) is 0 Å². The third kappa shape index (κ3) is 3.69. The Labute approximate surface area is 146 Å². The first-order valence-corrected chi connectivity index (χ1v) is 8.68. The van der Waals surface area contributed by atoms with Crippen molar-refractivity contribution in [1.82, 2.24) is 4.98 Å². The third-order valence-electron chi connectivity index (χ3n) is 3.54. The number of fused-ring (bicyclic) bond motifs is 1. The Morgan fingerprint density at radius 1 is 1.04 bits per heavy atom. The van der Waals surface area contributed by atoms with Crippen molar-refractivity contribution in [2.75, 3.05) is 0 Å². The molecule has 0 aliphatic rings. The average molecular weight is 337 g/mol. The molecule has 0 amide bonds. The van der Waals surface area contributed by atoms with Crippen LogP contribution in [-0.4, -0.2) is 11.1 Å². The number of ether oxygens (including phenoxy) is 2. The van der Waals surface area contributed by atoms with Crippen molar-refractivity contribution < 1.29 is 9.47 Å². The van der Waals surface area contributed by atoms with E-state index in [1.165, 1.54) is 11.3 Å². The Morgan fingerprint density at radius 2 is 1.75 bits per heavy atom. The van der Waals surface area contributed by atoms with Crippen molar-refractivity contribution in [3.63, 3.8) is 0 Å². The maximum atomic E-state index is 5.86. The molecule has 0 spiro atoms. The lowest BCUT2D eigenvalue weighted by Gasteiger charge is -2.09. The lowest BCUT2D eigenvalue weighted by Crippen LogP contribution is -2.05. The maximum absolute atomic E-state index is 5.86. The zero-order chi connectivity index (χ0) is 17.1. The van der Waals surface area contributed by atoms with Gasteiger partial charge in [0, 0.05) is 5.92 Å². The smallest absolute Gasteiger partial charge is 0.279 e. The van der Waals surface area contributed by atoms with E-state index in [-0.39, 0.29) is 12.0 Å². The lowest BCUT2D eigenvalue weighted by molar-refractivity contribution is 0.242. The zero-order valence-electron chi connectivity index (χ0n) is 13.9. The number of rotatable bonds is 5. The molecule has 0 N–H and O–H groups in total. The summed E-state index contributed by atoms with van der Waals surface area (Å²) in [5.41, 5.74) is 2.04. The highest BCUT2D eigenvalue weighted by Gasteiger charge is 2.09. The first kappa shape index (κ1) is 16.4. The first-order chi connectivity index (χ1) is 11.5. The number of hydrogen-bond donors (Lipinski definition) is 0. The van der Waals surface area contributed by atoms with Crippen LogP contribution in [-0.2, 0) is 0 Å². The molecule has 0 bridgehead atoms. The fourth-order valence-corrected chi connectivity index (χ4v) is 3.17. The minimum atomic E-state index is 0.0920. The van der Waals surface area contributed by atoms with E-state index in [1.54, 1.807) is 0 Å². The first-order valence-electron chi connectivity index (χ1n) is 7.86. The van der Waals surface area contributed by atoms with Crippen molar-refractivity contribution in [1.29, 1.82) is 0 Å². The van der Waals surface area contributed by atoms with E-state index in [1.807, 2.05) is 57.2 Å². The minimum absolute atomic E-state index is 0.0920. The van der Waals surface area contributed by atoms with Crippen molar-refractivity contribution in [3.8, 4) is 29.0 Å². The molecule has 0 radical (unpaired) electrons. The number of thiazole rings is 1. The SMILES string of the molecule is C#CC(C)c1ccc2nc(Oc3ccc(OC(C)C)cc3)sc2c1. The van der Waals surface area contributed by atoms with E-state index in [2.05, 4.69) is 17.0 Å². The van der Waals surface area contributed by atoms with Crippen LogP contribution in [0.3, 0.4) is 0 Å². The molecule has 0 aliphatic heterocycles. The average Bonchev–Trinajstić information content (AvgIpc) is 2.96. The Bertz CT molecular complexity index is 875. The van der Waals surface area contributed by atoms with Crippen LogP contribution in [0.25, 0.3) is 10.2 Å². The molecular weight excluding hydrogens is 318 g/mol. The number of terminal acetylenes is 1. The van der Waals surface area contributed by atoms with E-state index < -0.39 is 0 Å². The van der Waals surface area contributed by atoms with Crippen LogP contribution in [0.2, 0.25) is 0 Å². The summed E-state index contributed by atoms with van der Waals surface area (Å²) in [6, 6.07) is 13.7. The van der Waals surface area contributed by atoms with Crippen LogP contribution < -0.4 is 9.47 Å². The van der Waals surface area contributed by atoms with E-state index >= 15 is 0 Å². The normalized spacial score (nSPS) is 12.1. The summed E-state index contributed by atoms with van der Waals surface area (Å²) in [5.74, 6) is 4.41. The van der Waals surface area contributed by atoms with Gasteiger partial charge in [0.05, 0.1) is 16.3 Å². The van der Waals surface area contributed by atoms with Crippen LogP contribution in [0.1, 0.15) is 32.3 Å². The monoisotopic (exact) mass is 337 g/mol. The van der Waals surface area contributed by atoms with Gasteiger partial charge in [-0.15, -0.1) is 6.42 Å². The fourth-order valence-electron chi connectivity index (χ4n) is 2.29. The second kappa shape index (κ2) is 6.94. The molecule has 1 heterocycles.